The minimum atomic E-state index is -0.267. The minimum absolute atomic E-state index is 0.252. The first-order valence-corrected chi connectivity index (χ1v) is 12.0. The normalized spacial score (nSPS) is 22.7. The van der Waals surface area contributed by atoms with E-state index in [-0.39, 0.29) is 11.4 Å². The summed E-state index contributed by atoms with van der Waals surface area (Å²) in [5.41, 5.74) is 5.32. The number of ether oxygens (including phenoxy) is 1. The molecule has 0 saturated carbocycles. The third kappa shape index (κ3) is 6.22. The maximum Gasteiger partial charge on any atom is 0.330 e. The van der Waals surface area contributed by atoms with Crippen molar-refractivity contribution in [1.29, 1.82) is 0 Å². The first kappa shape index (κ1) is 24.7. The van der Waals surface area contributed by atoms with Gasteiger partial charge in [0.05, 0.1) is 6.61 Å². The lowest BCUT2D eigenvalue weighted by Crippen LogP contribution is -2.28. The third-order valence-corrected chi connectivity index (χ3v) is 7.26. The molecule has 0 fully saturated rings. The van der Waals surface area contributed by atoms with Gasteiger partial charge in [-0.3, -0.25) is 0 Å². The van der Waals surface area contributed by atoms with Gasteiger partial charge in [-0.05, 0) is 67.8 Å². The Bertz CT molecular complexity index is 700. The molecule has 0 aromatic heterocycles. The van der Waals surface area contributed by atoms with E-state index >= 15 is 0 Å². The molecule has 0 aliphatic heterocycles. The standard InChI is InChI=1S/C28H44O2/c1-8-10-12-15-28(16-13-11-14-22(3)19-25(29)30-9-2)20-23-24(21-28)27(6,7)18-17-26(23,4)5/h11,13-14,16,19H,8-10,12,15,17-18,20-21H2,1-7H3/b14-11+,16-13+,22-19+. The number of allylic oxidation sites excluding steroid dienone is 7. The van der Waals surface area contributed by atoms with E-state index in [1.807, 2.05) is 19.9 Å². The number of unbranched alkanes of at least 4 members (excludes halogenated alkanes) is 2. The molecule has 0 heterocycles. The average molecular weight is 413 g/mol. The first-order chi connectivity index (χ1) is 14.1. The average Bonchev–Trinajstić information content (AvgIpc) is 3.06. The molecule has 0 N–H and O–H groups in total. The molecular formula is C28H44O2. The molecule has 2 nitrogen and oxygen atoms in total. The third-order valence-electron chi connectivity index (χ3n) is 7.26. The molecule has 0 amide bonds. The van der Waals surface area contributed by atoms with E-state index in [0.717, 1.165) is 5.57 Å². The molecule has 0 unspecified atom stereocenters. The fourth-order valence-corrected chi connectivity index (χ4v) is 5.19. The SMILES string of the molecule is CCCCCC1(/C=C/C=C/C(C)=C/C(=O)OCC)CC2=C(C1)C(C)(C)CCC2(C)C. The van der Waals surface area contributed by atoms with Crippen LogP contribution in [-0.4, -0.2) is 12.6 Å². The Labute approximate surface area is 185 Å². The van der Waals surface area contributed by atoms with Crippen LogP contribution in [0.15, 0.2) is 47.1 Å². The second kappa shape index (κ2) is 10.2. The number of esters is 1. The zero-order valence-corrected chi connectivity index (χ0v) is 20.6. The Morgan fingerprint density at radius 1 is 0.967 bits per heavy atom. The molecular weight excluding hydrogens is 368 g/mol. The molecule has 0 bridgehead atoms. The summed E-state index contributed by atoms with van der Waals surface area (Å²) >= 11 is 0. The van der Waals surface area contributed by atoms with E-state index in [2.05, 4.69) is 52.8 Å². The van der Waals surface area contributed by atoms with Gasteiger partial charge in [0.1, 0.15) is 0 Å². The smallest absolute Gasteiger partial charge is 0.330 e. The highest BCUT2D eigenvalue weighted by Crippen LogP contribution is 2.61. The Morgan fingerprint density at radius 3 is 2.10 bits per heavy atom. The topological polar surface area (TPSA) is 26.3 Å². The molecule has 2 aliphatic rings. The van der Waals surface area contributed by atoms with Crippen LogP contribution >= 0.6 is 0 Å². The van der Waals surface area contributed by atoms with Gasteiger partial charge < -0.3 is 4.74 Å². The van der Waals surface area contributed by atoms with Crippen molar-refractivity contribution in [2.45, 2.75) is 99.8 Å². The van der Waals surface area contributed by atoms with Gasteiger partial charge >= 0.3 is 5.97 Å². The van der Waals surface area contributed by atoms with Crippen LogP contribution < -0.4 is 0 Å². The van der Waals surface area contributed by atoms with Crippen LogP contribution in [0.3, 0.4) is 0 Å². The maximum absolute atomic E-state index is 11.6. The Hall–Kier alpha value is -1.57. The van der Waals surface area contributed by atoms with Gasteiger partial charge in [-0.15, -0.1) is 0 Å². The van der Waals surface area contributed by atoms with Crippen LogP contribution in [0.1, 0.15) is 99.8 Å². The van der Waals surface area contributed by atoms with Gasteiger partial charge in [-0.25, -0.2) is 4.79 Å². The van der Waals surface area contributed by atoms with Crippen molar-refractivity contribution in [1.82, 2.24) is 0 Å². The van der Waals surface area contributed by atoms with E-state index in [4.69, 9.17) is 4.74 Å². The molecule has 0 atom stereocenters. The van der Waals surface area contributed by atoms with Crippen molar-refractivity contribution in [3.63, 3.8) is 0 Å². The molecule has 0 radical (unpaired) electrons. The highest BCUT2D eigenvalue weighted by Gasteiger charge is 2.48. The zero-order chi connectivity index (χ0) is 22.4. The van der Waals surface area contributed by atoms with Crippen LogP contribution in [0.25, 0.3) is 0 Å². The number of hydrogen-bond donors (Lipinski definition) is 0. The lowest BCUT2D eigenvalue weighted by Gasteiger charge is -2.41. The van der Waals surface area contributed by atoms with Crippen LogP contribution in [0.5, 0.6) is 0 Å². The second-order valence-electron chi connectivity index (χ2n) is 10.8. The van der Waals surface area contributed by atoms with Gasteiger partial charge in [0, 0.05) is 6.08 Å². The van der Waals surface area contributed by atoms with Crippen LogP contribution in [0.4, 0.5) is 0 Å². The van der Waals surface area contributed by atoms with Crippen molar-refractivity contribution in [3.8, 4) is 0 Å². The Balaban J connectivity index is 2.20. The zero-order valence-electron chi connectivity index (χ0n) is 20.6. The Kier molecular flexibility index (Phi) is 8.36. The minimum Gasteiger partial charge on any atom is -0.463 e. The summed E-state index contributed by atoms with van der Waals surface area (Å²) in [5.74, 6) is -0.267. The molecule has 2 heteroatoms. The number of carbonyl (C=O) groups is 1. The fraction of sp³-hybridized carbons (Fsp3) is 0.679. The lowest BCUT2D eigenvalue weighted by molar-refractivity contribution is -0.137. The van der Waals surface area contributed by atoms with Crippen LogP contribution in [0.2, 0.25) is 0 Å². The molecule has 2 rings (SSSR count). The summed E-state index contributed by atoms with van der Waals surface area (Å²) < 4.78 is 4.99. The number of hydrogen-bond acceptors (Lipinski definition) is 2. The van der Waals surface area contributed by atoms with Gasteiger partial charge in [0.25, 0.3) is 0 Å². The molecule has 168 valence electrons. The first-order valence-electron chi connectivity index (χ1n) is 12.0. The summed E-state index contributed by atoms with van der Waals surface area (Å²) in [6, 6.07) is 0. The predicted molar refractivity (Wildman–Crippen MR) is 128 cm³/mol. The van der Waals surface area contributed by atoms with E-state index in [9.17, 15) is 4.79 Å². The summed E-state index contributed by atoms with van der Waals surface area (Å²) in [4.78, 5) is 11.6. The largest absolute Gasteiger partial charge is 0.463 e. The Morgan fingerprint density at radius 2 is 1.57 bits per heavy atom. The maximum atomic E-state index is 11.6. The molecule has 0 spiro atoms. The molecule has 0 aromatic rings. The number of rotatable bonds is 9. The quantitative estimate of drug-likeness (QED) is 0.126. The molecule has 30 heavy (non-hydrogen) atoms. The number of carbonyl (C=O) groups excluding carboxylic acids is 1. The summed E-state index contributed by atoms with van der Waals surface area (Å²) in [6.07, 6.45) is 20.5. The van der Waals surface area contributed by atoms with E-state index in [0.29, 0.717) is 17.4 Å². The predicted octanol–water partition coefficient (Wildman–Crippen LogP) is 8.11. The molecule has 2 aliphatic carbocycles. The van der Waals surface area contributed by atoms with E-state index < -0.39 is 0 Å². The van der Waals surface area contributed by atoms with Gasteiger partial charge in [-0.2, -0.15) is 0 Å². The van der Waals surface area contributed by atoms with E-state index in [1.165, 1.54) is 51.4 Å². The van der Waals surface area contributed by atoms with Gasteiger partial charge in [0.15, 0.2) is 0 Å². The highest BCUT2D eigenvalue weighted by molar-refractivity contribution is 5.83. The van der Waals surface area contributed by atoms with Crippen molar-refractivity contribution in [3.05, 3.63) is 47.1 Å². The molecule has 0 saturated heterocycles. The van der Waals surface area contributed by atoms with Crippen molar-refractivity contribution in [2.24, 2.45) is 16.2 Å². The highest BCUT2D eigenvalue weighted by atomic mass is 16.5. The summed E-state index contributed by atoms with van der Waals surface area (Å²) in [7, 11) is 0. The lowest BCUT2D eigenvalue weighted by atomic mass is 9.64. The fourth-order valence-electron chi connectivity index (χ4n) is 5.19. The van der Waals surface area contributed by atoms with Crippen LogP contribution in [-0.2, 0) is 9.53 Å². The van der Waals surface area contributed by atoms with E-state index in [1.54, 1.807) is 17.2 Å². The van der Waals surface area contributed by atoms with Crippen molar-refractivity contribution in [2.75, 3.05) is 6.61 Å². The van der Waals surface area contributed by atoms with Crippen LogP contribution in [0, 0.1) is 16.2 Å². The monoisotopic (exact) mass is 412 g/mol. The summed E-state index contributed by atoms with van der Waals surface area (Å²) in [6.45, 7) is 16.3. The van der Waals surface area contributed by atoms with Gasteiger partial charge in [0.2, 0.25) is 0 Å². The van der Waals surface area contributed by atoms with Gasteiger partial charge in [-0.1, -0.05) is 89.3 Å². The second-order valence-corrected chi connectivity index (χ2v) is 10.8. The summed E-state index contributed by atoms with van der Waals surface area (Å²) in [5, 5.41) is 0. The molecule has 0 aromatic carbocycles. The van der Waals surface area contributed by atoms with Crippen molar-refractivity contribution >= 4 is 5.97 Å². The van der Waals surface area contributed by atoms with Crippen molar-refractivity contribution < 1.29 is 9.53 Å².